The van der Waals surface area contributed by atoms with Crippen molar-refractivity contribution in [2.24, 2.45) is 46.3 Å². The summed E-state index contributed by atoms with van der Waals surface area (Å²) in [7, 11) is 0. The highest BCUT2D eigenvalue weighted by Crippen LogP contribution is 2.74. The summed E-state index contributed by atoms with van der Waals surface area (Å²) in [6.45, 7) is 16.3. The van der Waals surface area contributed by atoms with Crippen molar-refractivity contribution in [2.75, 3.05) is 0 Å². The smallest absolute Gasteiger partial charge is 0.114 e. The summed E-state index contributed by atoms with van der Waals surface area (Å²) in [6, 6.07) is 0. The van der Waals surface area contributed by atoms with Crippen molar-refractivity contribution in [1.82, 2.24) is 0 Å². The quantitative estimate of drug-likeness (QED) is 0.432. The third-order valence-corrected chi connectivity index (χ3v) is 11.6. The van der Waals surface area contributed by atoms with E-state index in [-0.39, 0.29) is 29.3 Å². The summed E-state index contributed by atoms with van der Waals surface area (Å²) in [5, 5.41) is 21.9. The lowest BCUT2D eigenvalue weighted by Crippen LogP contribution is -2.63. The number of aliphatic hydroxyl groups excluding tert-OH is 2. The summed E-state index contributed by atoms with van der Waals surface area (Å²) < 4.78 is 6.37. The van der Waals surface area contributed by atoms with Crippen LogP contribution in [0.4, 0.5) is 0 Å². The molecule has 0 aromatic rings. The van der Waals surface area contributed by atoms with Gasteiger partial charge < -0.3 is 14.9 Å². The molecule has 4 aliphatic carbocycles. The van der Waals surface area contributed by atoms with Gasteiger partial charge in [-0.15, -0.1) is 0 Å². The average molecular weight is 431 g/mol. The highest BCUT2D eigenvalue weighted by Gasteiger charge is 2.79. The Balaban J connectivity index is 1.36. The molecule has 0 bridgehead atoms. The minimum Gasteiger partial charge on any atom is -0.393 e. The molecule has 11 atom stereocenters. The summed E-state index contributed by atoms with van der Waals surface area (Å²) in [6.07, 6.45) is 9.56. The Bertz CT molecular complexity index is 732. The minimum absolute atomic E-state index is 0.0399. The lowest BCUT2D eigenvalue weighted by atomic mass is 9.43. The van der Waals surface area contributed by atoms with Crippen molar-refractivity contribution < 1.29 is 14.9 Å². The van der Waals surface area contributed by atoms with Crippen molar-refractivity contribution in [3.63, 3.8) is 0 Å². The van der Waals surface area contributed by atoms with Crippen LogP contribution < -0.4 is 0 Å². The van der Waals surface area contributed by atoms with Gasteiger partial charge in [-0.25, -0.2) is 0 Å². The van der Waals surface area contributed by atoms with Crippen LogP contribution in [0.1, 0.15) is 92.4 Å². The highest BCUT2D eigenvalue weighted by molar-refractivity contribution is 5.27. The minimum atomic E-state index is -0.345. The van der Waals surface area contributed by atoms with Gasteiger partial charge in [0, 0.05) is 11.8 Å². The van der Waals surface area contributed by atoms with E-state index >= 15 is 0 Å². The first-order valence-electron chi connectivity index (χ1n) is 13.3. The summed E-state index contributed by atoms with van der Waals surface area (Å²) in [4.78, 5) is 0. The molecule has 5 fully saturated rings. The molecule has 0 amide bonds. The first-order valence-corrected chi connectivity index (χ1v) is 13.3. The van der Waals surface area contributed by atoms with Crippen LogP contribution in [0.5, 0.6) is 0 Å². The molecule has 1 spiro atoms. The maximum absolute atomic E-state index is 11.6. The largest absolute Gasteiger partial charge is 0.393 e. The molecule has 2 N–H and O–H groups in total. The van der Waals surface area contributed by atoms with Crippen LogP contribution in [0, 0.1) is 46.3 Å². The third-order valence-electron chi connectivity index (χ3n) is 11.6. The van der Waals surface area contributed by atoms with Gasteiger partial charge in [0.25, 0.3) is 0 Å². The standard InChI is InChI=1S/C28H46O3/c1-16(2)17(3)7-8-18(4)20-9-10-21-23-22(12-13-26(20,21)5)27(6)14-11-19(29)15-28(27)25(31-28)24(23)30/h16,18-25,29-30H,3,7-15H2,1-2,4-6H3/t18?,19-,20+,21?,22?,23?,24?,25+,26+,27+,28+/m0/s1. The van der Waals surface area contributed by atoms with Crippen LogP contribution in [0.2, 0.25) is 0 Å². The molecule has 1 saturated heterocycles. The molecule has 176 valence electrons. The fourth-order valence-electron chi connectivity index (χ4n) is 9.52. The number of fused-ring (bicyclic) bond motifs is 4. The normalized spacial score (nSPS) is 53.9. The van der Waals surface area contributed by atoms with Gasteiger partial charge >= 0.3 is 0 Å². The Hall–Kier alpha value is -0.380. The van der Waals surface area contributed by atoms with Crippen LogP contribution in [0.3, 0.4) is 0 Å². The van der Waals surface area contributed by atoms with Gasteiger partial charge in [-0.3, -0.25) is 0 Å². The Labute approximate surface area is 190 Å². The molecule has 5 rings (SSSR count). The van der Waals surface area contributed by atoms with Crippen molar-refractivity contribution >= 4 is 0 Å². The van der Waals surface area contributed by atoms with Crippen molar-refractivity contribution in [2.45, 2.75) is 116 Å². The van der Waals surface area contributed by atoms with Crippen LogP contribution in [0.15, 0.2) is 12.2 Å². The maximum atomic E-state index is 11.6. The Kier molecular flexibility index (Phi) is 5.28. The first kappa shape index (κ1) is 22.4. The number of allylic oxidation sites excluding steroid dienone is 1. The molecule has 0 aromatic carbocycles. The number of aliphatic hydroxyl groups is 2. The van der Waals surface area contributed by atoms with Crippen molar-refractivity contribution in [1.29, 1.82) is 0 Å². The fourth-order valence-corrected chi connectivity index (χ4v) is 9.52. The van der Waals surface area contributed by atoms with E-state index in [0.717, 1.165) is 37.5 Å². The van der Waals surface area contributed by atoms with E-state index in [9.17, 15) is 10.2 Å². The van der Waals surface area contributed by atoms with Crippen LogP contribution in [0.25, 0.3) is 0 Å². The summed E-state index contributed by atoms with van der Waals surface area (Å²) in [5.41, 5.74) is 1.62. The summed E-state index contributed by atoms with van der Waals surface area (Å²) in [5.74, 6) is 3.61. The Morgan fingerprint density at radius 3 is 2.48 bits per heavy atom. The lowest BCUT2D eigenvalue weighted by molar-refractivity contribution is -0.151. The molecule has 4 saturated carbocycles. The van der Waals surface area contributed by atoms with E-state index in [0.29, 0.717) is 29.1 Å². The molecule has 1 heterocycles. The van der Waals surface area contributed by atoms with Gasteiger partial charge in [-0.05, 0) is 92.3 Å². The number of epoxide rings is 1. The molecular weight excluding hydrogens is 384 g/mol. The molecule has 0 aromatic heterocycles. The predicted octanol–water partition coefficient (Wildman–Crippen LogP) is 5.74. The average Bonchev–Trinajstić information content (AvgIpc) is 3.34. The highest BCUT2D eigenvalue weighted by atomic mass is 16.6. The van der Waals surface area contributed by atoms with E-state index in [1.807, 2.05) is 0 Å². The number of hydrogen-bond acceptors (Lipinski definition) is 3. The monoisotopic (exact) mass is 430 g/mol. The van der Waals surface area contributed by atoms with Crippen LogP contribution in [-0.4, -0.2) is 34.1 Å². The van der Waals surface area contributed by atoms with E-state index in [1.54, 1.807) is 0 Å². The Morgan fingerprint density at radius 1 is 1.03 bits per heavy atom. The van der Waals surface area contributed by atoms with Gasteiger partial charge in [-0.1, -0.05) is 46.8 Å². The van der Waals surface area contributed by atoms with Crippen LogP contribution >= 0.6 is 0 Å². The zero-order chi connectivity index (χ0) is 22.3. The van der Waals surface area contributed by atoms with Crippen molar-refractivity contribution in [3.8, 4) is 0 Å². The number of hydrogen-bond donors (Lipinski definition) is 2. The molecule has 31 heavy (non-hydrogen) atoms. The van der Waals surface area contributed by atoms with E-state index in [2.05, 4.69) is 41.2 Å². The predicted molar refractivity (Wildman–Crippen MR) is 124 cm³/mol. The molecule has 1 aliphatic heterocycles. The van der Waals surface area contributed by atoms with Gasteiger partial charge in [0.05, 0.1) is 12.2 Å². The van der Waals surface area contributed by atoms with E-state index in [1.165, 1.54) is 37.7 Å². The van der Waals surface area contributed by atoms with E-state index in [4.69, 9.17) is 4.74 Å². The molecule has 3 nitrogen and oxygen atoms in total. The third kappa shape index (κ3) is 3.01. The van der Waals surface area contributed by atoms with Crippen molar-refractivity contribution in [3.05, 3.63) is 12.2 Å². The zero-order valence-corrected chi connectivity index (χ0v) is 20.6. The molecule has 5 unspecified atom stereocenters. The van der Waals surface area contributed by atoms with Gasteiger partial charge in [0.15, 0.2) is 0 Å². The summed E-state index contributed by atoms with van der Waals surface area (Å²) >= 11 is 0. The zero-order valence-electron chi connectivity index (χ0n) is 20.6. The molecular formula is C28H46O3. The van der Waals surface area contributed by atoms with Gasteiger partial charge in [0.1, 0.15) is 11.7 Å². The van der Waals surface area contributed by atoms with Gasteiger partial charge in [-0.2, -0.15) is 0 Å². The lowest BCUT2D eigenvalue weighted by Gasteiger charge is -2.60. The number of rotatable bonds is 5. The number of ether oxygens (including phenoxy) is 1. The SMILES string of the molecule is C=C(CCC(C)[C@H]1CCC2C3C(O)[C@H]4O[C@]45C[C@@H](O)CC[C@]5(C)C3CC[C@@]21C)C(C)C. The van der Waals surface area contributed by atoms with Crippen LogP contribution in [-0.2, 0) is 4.74 Å². The second-order valence-electron chi connectivity index (χ2n) is 13.1. The first-order chi connectivity index (χ1) is 14.5. The Morgan fingerprint density at radius 2 is 1.77 bits per heavy atom. The second kappa shape index (κ2) is 7.31. The molecule has 0 radical (unpaired) electrons. The van der Waals surface area contributed by atoms with Gasteiger partial charge in [0.2, 0.25) is 0 Å². The second-order valence-corrected chi connectivity index (χ2v) is 13.1. The fraction of sp³-hybridized carbons (Fsp3) is 0.929. The molecule has 5 aliphatic rings. The topological polar surface area (TPSA) is 53.0 Å². The maximum Gasteiger partial charge on any atom is 0.114 e. The molecule has 3 heteroatoms. The van der Waals surface area contributed by atoms with E-state index < -0.39 is 0 Å².